The summed E-state index contributed by atoms with van der Waals surface area (Å²) in [4.78, 5) is 14.5. The number of rotatable bonds is 2. The fourth-order valence-corrected chi connectivity index (χ4v) is 2.87. The molecule has 88 valence electrons. The van der Waals surface area contributed by atoms with Gasteiger partial charge < -0.3 is 4.98 Å². The maximum Gasteiger partial charge on any atom is 0.152 e. The molecule has 1 heterocycles. The second kappa shape index (κ2) is 3.99. The molecule has 0 aliphatic heterocycles. The third-order valence-electron chi connectivity index (χ3n) is 3.71. The van der Waals surface area contributed by atoms with Gasteiger partial charge in [-0.05, 0) is 37.0 Å². The molecule has 0 bridgehead atoms. The Morgan fingerprint density at radius 3 is 2.76 bits per heavy atom. The summed E-state index contributed by atoms with van der Waals surface area (Å²) in [5.41, 5.74) is 2.50. The van der Waals surface area contributed by atoms with E-state index in [9.17, 15) is 9.18 Å². The fourth-order valence-electron chi connectivity index (χ4n) is 2.87. The van der Waals surface area contributed by atoms with Crippen molar-refractivity contribution in [3.63, 3.8) is 0 Å². The highest BCUT2D eigenvalue weighted by Crippen LogP contribution is 2.37. The van der Waals surface area contributed by atoms with Gasteiger partial charge in [0.05, 0.1) is 0 Å². The number of nitrogens with one attached hydrogen (secondary N) is 1. The maximum atomic E-state index is 13.2. The lowest BCUT2D eigenvalue weighted by Crippen LogP contribution is -1.96. The number of halogens is 1. The molecular formula is C14H14FNO. The predicted octanol–water partition coefficient (Wildman–Crippen LogP) is 3.78. The third kappa shape index (κ3) is 1.66. The van der Waals surface area contributed by atoms with Crippen LogP contribution in [0.2, 0.25) is 0 Å². The third-order valence-corrected chi connectivity index (χ3v) is 3.71. The number of hydrogen-bond acceptors (Lipinski definition) is 1. The van der Waals surface area contributed by atoms with Crippen LogP contribution in [0.4, 0.5) is 4.39 Å². The van der Waals surface area contributed by atoms with Gasteiger partial charge >= 0.3 is 0 Å². The van der Waals surface area contributed by atoms with Crippen LogP contribution in [0.25, 0.3) is 10.9 Å². The van der Waals surface area contributed by atoms with E-state index in [4.69, 9.17) is 0 Å². The van der Waals surface area contributed by atoms with Crippen molar-refractivity contribution in [3.05, 3.63) is 35.3 Å². The highest BCUT2D eigenvalue weighted by Gasteiger charge is 2.23. The van der Waals surface area contributed by atoms with Crippen molar-refractivity contribution in [3.8, 4) is 0 Å². The fraction of sp³-hybridized carbons (Fsp3) is 0.357. The Kier molecular flexibility index (Phi) is 2.46. The van der Waals surface area contributed by atoms with Crippen molar-refractivity contribution in [1.29, 1.82) is 0 Å². The van der Waals surface area contributed by atoms with Gasteiger partial charge in [-0.1, -0.05) is 12.8 Å². The molecule has 17 heavy (non-hydrogen) atoms. The summed E-state index contributed by atoms with van der Waals surface area (Å²) in [5.74, 6) is 0.142. The molecule has 1 aliphatic rings. The molecular weight excluding hydrogens is 217 g/mol. The van der Waals surface area contributed by atoms with E-state index in [1.54, 1.807) is 6.07 Å². The summed E-state index contributed by atoms with van der Waals surface area (Å²) in [6.45, 7) is 0. The van der Waals surface area contributed by atoms with Crippen LogP contribution in [0.15, 0.2) is 18.2 Å². The molecule has 2 aromatic rings. The summed E-state index contributed by atoms with van der Waals surface area (Å²) in [5, 5.41) is 0.710. The molecule has 3 heteroatoms. The minimum Gasteiger partial charge on any atom is -0.358 e. The van der Waals surface area contributed by atoms with E-state index < -0.39 is 0 Å². The summed E-state index contributed by atoms with van der Waals surface area (Å²) < 4.78 is 13.2. The minimum absolute atomic E-state index is 0.294. The lowest BCUT2D eigenvalue weighted by molar-refractivity contribution is 0.112. The van der Waals surface area contributed by atoms with Crippen molar-refractivity contribution < 1.29 is 9.18 Å². The van der Waals surface area contributed by atoms with Crippen molar-refractivity contribution in [2.45, 2.75) is 31.6 Å². The first-order chi connectivity index (χ1) is 8.29. The van der Waals surface area contributed by atoms with E-state index in [-0.39, 0.29) is 5.82 Å². The van der Waals surface area contributed by atoms with E-state index >= 15 is 0 Å². The first-order valence-corrected chi connectivity index (χ1v) is 6.06. The van der Waals surface area contributed by atoms with Crippen molar-refractivity contribution in [2.24, 2.45) is 0 Å². The van der Waals surface area contributed by atoms with E-state index in [0.29, 0.717) is 16.9 Å². The number of aldehydes is 1. The van der Waals surface area contributed by atoms with Gasteiger partial charge in [0.25, 0.3) is 0 Å². The molecule has 1 aromatic carbocycles. The maximum absolute atomic E-state index is 13.2. The lowest BCUT2D eigenvalue weighted by Gasteiger charge is -2.07. The van der Waals surface area contributed by atoms with Gasteiger partial charge in [0, 0.05) is 22.2 Å². The Morgan fingerprint density at radius 1 is 1.29 bits per heavy atom. The first-order valence-electron chi connectivity index (χ1n) is 6.06. The van der Waals surface area contributed by atoms with Crippen LogP contribution in [0.1, 0.15) is 47.7 Å². The zero-order chi connectivity index (χ0) is 11.8. The van der Waals surface area contributed by atoms with Gasteiger partial charge in [0.15, 0.2) is 6.29 Å². The number of fused-ring (bicyclic) bond motifs is 1. The van der Waals surface area contributed by atoms with E-state index in [1.165, 1.54) is 25.0 Å². The molecule has 3 rings (SSSR count). The number of aromatic nitrogens is 1. The Balaban J connectivity index is 2.20. The minimum atomic E-state index is -0.294. The Labute approximate surface area is 98.8 Å². The smallest absolute Gasteiger partial charge is 0.152 e. The van der Waals surface area contributed by atoms with Crippen LogP contribution in [-0.4, -0.2) is 11.3 Å². The van der Waals surface area contributed by atoms with Crippen molar-refractivity contribution in [1.82, 2.24) is 4.98 Å². The highest BCUT2D eigenvalue weighted by molar-refractivity contribution is 5.99. The number of hydrogen-bond donors (Lipinski definition) is 1. The van der Waals surface area contributed by atoms with Gasteiger partial charge in [-0.2, -0.15) is 0 Å². The Hall–Kier alpha value is -1.64. The van der Waals surface area contributed by atoms with Crippen LogP contribution in [0, 0.1) is 5.82 Å². The summed E-state index contributed by atoms with van der Waals surface area (Å²) >= 11 is 0. The van der Waals surface area contributed by atoms with Crippen LogP contribution in [0.3, 0.4) is 0 Å². The number of carbonyl (C=O) groups excluding carboxylic acids is 1. The first kappa shape index (κ1) is 10.5. The zero-order valence-corrected chi connectivity index (χ0v) is 9.50. The van der Waals surface area contributed by atoms with E-state index in [1.807, 2.05) is 0 Å². The lowest BCUT2D eigenvalue weighted by atomic mass is 9.99. The molecule has 1 fully saturated rings. The number of H-pyrrole nitrogens is 1. The molecule has 1 aromatic heterocycles. The Bertz CT molecular complexity index is 567. The monoisotopic (exact) mass is 231 g/mol. The molecule has 1 N–H and O–H groups in total. The second-order valence-electron chi connectivity index (χ2n) is 4.74. The van der Waals surface area contributed by atoms with Gasteiger partial charge in [-0.25, -0.2) is 4.39 Å². The van der Waals surface area contributed by atoms with Crippen molar-refractivity contribution in [2.75, 3.05) is 0 Å². The van der Waals surface area contributed by atoms with Gasteiger partial charge in [-0.3, -0.25) is 4.79 Å². The van der Waals surface area contributed by atoms with Crippen LogP contribution in [0.5, 0.6) is 0 Å². The summed E-state index contributed by atoms with van der Waals surface area (Å²) in [7, 11) is 0. The molecule has 0 amide bonds. The second-order valence-corrected chi connectivity index (χ2v) is 4.74. The number of benzene rings is 1. The SMILES string of the molecule is O=Cc1c(C2CCCC2)[nH]c2ccc(F)cc12. The average Bonchev–Trinajstić information content (AvgIpc) is 2.94. The standard InChI is InChI=1S/C14H14FNO/c15-10-5-6-13-11(7-10)12(8-17)14(16-13)9-3-1-2-4-9/h5-9,16H,1-4H2. The largest absolute Gasteiger partial charge is 0.358 e. The van der Waals surface area contributed by atoms with Crippen LogP contribution < -0.4 is 0 Å². The normalized spacial score (nSPS) is 16.8. The molecule has 0 unspecified atom stereocenters. The number of carbonyl (C=O) groups is 1. The molecule has 0 atom stereocenters. The predicted molar refractivity (Wildman–Crippen MR) is 64.9 cm³/mol. The van der Waals surface area contributed by atoms with Gasteiger partial charge in [0.1, 0.15) is 5.82 Å². The van der Waals surface area contributed by atoms with Gasteiger partial charge in [-0.15, -0.1) is 0 Å². The summed E-state index contributed by atoms with van der Waals surface area (Å²) in [6.07, 6.45) is 5.53. The highest BCUT2D eigenvalue weighted by atomic mass is 19.1. The quantitative estimate of drug-likeness (QED) is 0.784. The van der Waals surface area contributed by atoms with E-state index in [2.05, 4.69) is 4.98 Å². The molecule has 1 aliphatic carbocycles. The summed E-state index contributed by atoms with van der Waals surface area (Å²) in [6, 6.07) is 4.57. The molecule has 0 spiro atoms. The molecule has 0 radical (unpaired) electrons. The van der Waals surface area contributed by atoms with Crippen LogP contribution in [-0.2, 0) is 0 Å². The van der Waals surface area contributed by atoms with Crippen molar-refractivity contribution >= 4 is 17.2 Å². The topological polar surface area (TPSA) is 32.9 Å². The average molecular weight is 231 g/mol. The molecule has 0 saturated heterocycles. The Morgan fingerprint density at radius 2 is 2.06 bits per heavy atom. The number of aromatic amines is 1. The van der Waals surface area contributed by atoms with Gasteiger partial charge in [0.2, 0.25) is 0 Å². The van der Waals surface area contributed by atoms with E-state index in [0.717, 1.165) is 30.3 Å². The van der Waals surface area contributed by atoms with Crippen LogP contribution >= 0.6 is 0 Å². The molecule has 2 nitrogen and oxygen atoms in total. The molecule has 1 saturated carbocycles. The zero-order valence-electron chi connectivity index (χ0n) is 9.50.